The Morgan fingerprint density at radius 2 is 2.00 bits per heavy atom. The number of benzene rings is 1. The number of hydrogen-bond donors (Lipinski definition) is 1. The van der Waals surface area contributed by atoms with Crippen molar-refractivity contribution in [1.29, 1.82) is 0 Å². The lowest BCUT2D eigenvalue weighted by Crippen LogP contribution is -1.89. The van der Waals surface area contributed by atoms with E-state index in [4.69, 9.17) is 16.0 Å². The average molecular weight is 350 g/mol. The maximum atomic E-state index is 5.57. The molecule has 4 nitrogen and oxygen atoms in total. The Labute approximate surface area is 112 Å². The van der Waals surface area contributed by atoms with Gasteiger partial charge < -0.3 is 9.73 Å². The maximum absolute atomic E-state index is 5.57. The molecule has 1 aromatic heterocycles. The van der Waals surface area contributed by atoms with Crippen molar-refractivity contribution in [2.75, 3.05) is 11.2 Å². The normalized spacial score (nSPS) is 10.4. The third-order valence-electron chi connectivity index (χ3n) is 1.87. The van der Waals surface area contributed by atoms with Gasteiger partial charge in [-0.15, -0.1) is 16.7 Å². The minimum absolute atomic E-state index is 0.390. The summed E-state index contributed by atoms with van der Waals surface area (Å²) >= 11 is 7.82. The molecule has 0 atom stereocenters. The van der Waals surface area contributed by atoms with E-state index in [1.807, 2.05) is 24.3 Å². The minimum Gasteiger partial charge on any atom is -0.408 e. The van der Waals surface area contributed by atoms with Gasteiger partial charge in [-0.05, 0) is 46.9 Å². The van der Waals surface area contributed by atoms with Gasteiger partial charge >= 0.3 is 6.01 Å². The quantitative estimate of drug-likeness (QED) is 0.680. The van der Waals surface area contributed by atoms with E-state index in [-0.39, 0.29) is 0 Å². The van der Waals surface area contributed by atoms with Crippen molar-refractivity contribution >= 4 is 45.9 Å². The highest BCUT2D eigenvalue weighted by Gasteiger charge is 2.05. The maximum Gasteiger partial charge on any atom is 0.320 e. The summed E-state index contributed by atoms with van der Waals surface area (Å²) in [5, 5.41) is 10.7. The molecule has 0 amide bonds. The van der Waals surface area contributed by atoms with Crippen LogP contribution >= 0.6 is 34.2 Å². The summed E-state index contributed by atoms with van der Waals surface area (Å²) in [6.45, 7) is 0. The van der Waals surface area contributed by atoms with Gasteiger partial charge in [0.05, 0.1) is 0 Å². The van der Waals surface area contributed by atoms with Crippen molar-refractivity contribution in [3.63, 3.8) is 0 Å². The molecule has 0 fully saturated rings. The second-order valence-electron chi connectivity index (χ2n) is 3.07. The average Bonchev–Trinajstić information content (AvgIpc) is 2.70. The first kappa shape index (κ1) is 11.7. The Hall–Kier alpha value is -0.820. The Balaban J connectivity index is 2.05. The molecule has 1 aromatic carbocycles. The number of nitrogens with zero attached hydrogens (tertiary/aromatic N) is 2. The van der Waals surface area contributed by atoms with E-state index in [1.54, 1.807) is 0 Å². The molecule has 16 heavy (non-hydrogen) atoms. The first-order chi connectivity index (χ1) is 7.78. The lowest BCUT2D eigenvalue weighted by atomic mass is 10.3. The van der Waals surface area contributed by atoms with Gasteiger partial charge in [0.15, 0.2) is 0 Å². The Morgan fingerprint density at radius 3 is 2.69 bits per heavy atom. The van der Waals surface area contributed by atoms with E-state index in [9.17, 15) is 0 Å². The molecule has 6 heteroatoms. The van der Waals surface area contributed by atoms with E-state index in [0.717, 1.165) is 5.69 Å². The second-order valence-corrected chi connectivity index (χ2v) is 4.70. The molecular formula is C10H9ClIN3O. The number of alkyl halides is 1. The van der Waals surface area contributed by atoms with Crippen molar-refractivity contribution in [3.05, 3.63) is 33.7 Å². The molecule has 0 aliphatic carbocycles. The predicted octanol–water partition coefficient (Wildman–Crippen LogP) is 3.20. The van der Waals surface area contributed by atoms with Crippen LogP contribution in [0.3, 0.4) is 0 Å². The van der Waals surface area contributed by atoms with Gasteiger partial charge in [-0.1, -0.05) is 5.10 Å². The number of nitrogens with one attached hydrogen (secondary N) is 1. The Morgan fingerprint density at radius 1 is 1.25 bits per heavy atom. The zero-order valence-electron chi connectivity index (χ0n) is 8.28. The summed E-state index contributed by atoms with van der Waals surface area (Å²) in [7, 11) is 0. The third kappa shape index (κ3) is 3.08. The summed E-state index contributed by atoms with van der Waals surface area (Å²) < 4.78 is 6.52. The predicted molar refractivity (Wildman–Crippen MR) is 71.2 cm³/mol. The number of anilines is 2. The Kier molecular flexibility index (Phi) is 4.00. The Bertz CT molecular complexity index is 457. The molecule has 0 bridgehead atoms. The lowest BCUT2D eigenvalue weighted by Gasteiger charge is -2.00. The third-order valence-corrected chi connectivity index (χ3v) is 2.78. The van der Waals surface area contributed by atoms with E-state index in [1.165, 1.54) is 3.57 Å². The number of hydrogen-bond acceptors (Lipinski definition) is 4. The summed E-state index contributed by atoms with van der Waals surface area (Å²) in [4.78, 5) is 0. The number of aryl methyl sites for hydroxylation is 1. The first-order valence-electron chi connectivity index (χ1n) is 4.69. The van der Waals surface area contributed by atoms with Crippen molar-refractivity contribution in [2.24, 2.45) is 0 Å². The van der Waals surface area contributed by atoms with Gasteiger partial charge in [-0.2, -0.15) is 0 Å². The highest BCUT2D eigenvalue weighted by Crippen LogP contribution is 2.16. The smallest absolute Gasteiger partial charge is 0.320 e. The van der Waals surface area contributed by atoms with Crippen LogP contribution in [-0.4, -0.2) is 16.1 Å². The van der Waals surface area contributed by atoms with Crippen LogP contribution in [0.5, 0.6) is 0 Å². The largest absolute Gasteiger partial charge is 0.408 e. The molecule has 2 rings (SSSR count). The van der Waals surface area contributed by atoms with Gasteiger partial charge in [0.1, 0.15) is 0 Å². The summed E-state index contributed by atoms with van der Waals surface area (Å²) in [5.74, 6) is 1.02. The molecule has 84 valence electrons. The number of halogens is 2. The molecule has 0 unspecified atom stereocenters. The molecule has 1 N–H and O–H groups in total. The summed E-state index contributed by atoms with van der Waals surface area (Å²) in [6.07, 6.45) is 0.586. The van der Waals surface area contributed by atoms with E-state index >= 15 is 0 Å². The molecular weight excluding hydrogens is 340 g/mol. The molecule has 0 saturated carbocycles. The summed E-state index contributed by atoms with van der Waals surface area (Å²) in [6, 6.07) is 8.29. The van der Waals surface area contributed by atoms with Crippen molar-refractivity contribution in [3.8, 4) is 0 Å². The number of aromatic nitrogens is 2. The van der Waals surface area contributed by atoms with Gasteiger partial charge in [0.25, 0.3) is 0 Å². The van der Waals surface area contributed by atoms with Crippen LogP contribution in [0.1, 0.15) is 5.89 Å². The molecule has 2 aromatic rings. The van der Waals surface area contributed by atoms with Crippen molar-refractivity contribution < 1.29 is 4.42 Å². The van der Waals surface area contributed by atoms with Crippen LogP contribution in [-0.2, 0) is 6.42 Å². The molecule has 0 aliphatic rings. The van der Waals surface area contributed by atoms with Crippen LogP contribution in [0.4, 0.5) is 11.7 Å². The van der Waals surface area contributed by atoms with Gasteiger partial charge in [-0.3, -0.25) is 0 Å². The molecule has 0 spiro atoms. The topological polar surface area (TPSA) is 51.0 Å². The van der Waals surface area contributed by atoms with Gasteiger partial charge in [-0.25, -0.2) is 0 Å². The fraction of sp³-hybridized carbons (Fsp3) is 0.200. The molecule has 1 heterocycles. The van der Waals surface area contributed by atoms with Crippen LogP contribution < -0.4 is 5.32 Å². The monoisotopic (exact) mass is 349 g/mol. The van der Waals surface area contributed by atoms with Gasteiger partial charge in [0.2, 0.25) is 5.89 Å². The van der Waals surface area contributed by atoms with Crippen LogP contribution in [0.15, 0.2) is 28.7 Å². The molecule has 0 saturated heterocycles. The summed E-state index contributed by atoms with van der Waals surface area (Å²) in [5.41, 5.74) is 0.918. The van der Waals surface area contributed by atoms with E-state index in [2.05, 4.69) is 38.1 Å². The van der Waals surface area contributed by atoms with Crippen LogP contribution in [0.2, 0.25) is 0 Å². The van der Waals surface area contributed by atoms with Crippen LogP contribution in [0, 0.1) is 3.57 Å². The van der Waals surface area contributed by atoms with Crippen molar-refractivity contribution in [2.45, 2.75) is 6.42 Å². The van der Waals surface area contributed by atoms with Gasteiger partial charge in [0, 0.05) is 21.6 Å². The highest BCUT2D eigenvalue weighted by molar-refractivity contribution is 14.1. The lowest BCUT2D eigenvalue weighted by molar-refractivity contribution is 0.516. The standard InChI is InChI=1S/C10H9ClIN3O/c11-6-5-9-14-15-10(16-9)13-8-3-1-7(12)2-4-8/h1-4H,5-6H2,(H,13,15). The SMILES string of the molecule is ClCCc1nnc(Nc2ccc(I)cc2)o1. The molecule has 0 radical (unpaired) electrons. The van der Waals surface area contributed by atoms with Crippen molar-refractivity contribution in [1.82, 2.24) is 10.2 Å². The van der Waals surface area contributed by atoms with E-state index in [0.29, 0.717) is 24.2 Å². The minimum atomic E-state index is 0.390. The van der Waals surface area contributed by atoms with Crippen LogP contribution in [0.25, 0.3) is 0 Å². The van der Waals surface area contributed by atoms with E-state index < -0.39 is 0 Å². The zero-order valence-corrected chi connectivity index (χ0v) is 11.2. The molecule has 0 aliphatic heterocycles. The first-order valence-corrected chi connectivity index (χ1v) is 6.30. The fourth-order valence-electron chi connectivity index (χ4n) is 1.14. The fourth-order valence-corrected chi connectivity index (χ4v) is 1.66. The highest BCUT2D eigenvalue weighted by atomic mass is 127. The second kappa shape index (κ2) is 5.49. The number of rotatable bonds is 4. The zero-order chi connectivity index (χ0) is 11.4.